The monoisotopic (exact) mass is 452 g/mol. The summed E-state index contributed by atoms with van der Waals surface area (Å²) < 4.78 is 22.0. The molecule has 2 amide bonds. The summed E-state index contributed by atoms with van der Waals surface area (Å²) in [4.78, 5) is 29.4. The van der Waals surface area contributed by atoms with E-state index in [1.54, 1.807) is 0 Å². The van der Waals surface area contributed by atoms with Gasteiger partial charge in [-0.25, -0.2) is 0 Å². The molecule has 4 rings (SSSR count). The Balaban J connectivity index is 1.13. The Labute approximate surface area is 191 Å². The molecule has 0 aromatic rings. The molecule has 0 bridgehead atoms. The lowest BCUT2D eigenvalue weighted by molar-refractivity contribution is -0.133. The van der Waals surface area contributed by atoms with Crippen LogP contribution in [0.1, 0.15) is 66.2 Å². The zero-order valence-corrected chi connectivity index (χ0v) is 20.2. The Bertz CT molecular complexity index is 609. The van der Waals surface area contributed by atoms with E-state index >= 15 is 0 Å². The average molecular weight is 453 g/mol. The van der Waals surface area contributed by atoms with Gasteiger partial charge in [-0.3, -0.25) is 9.59 Å². The average Bonchev–Trinajstić information content (AvgIpc) is 3.55. The van der Waals surface area contributed by atoms with Crippen LogP contribution in [0.5, 0.6) is 0 Å². The zero-order chi connectivity index (χ0) is 23.0. The van der Waals surface area contributed by atoms with E-state index in [0.717, 1.165) is 52.1 Å². The third-order valence-electron chi connectivity index (χ3n) is 6.89. The number of hydrogen-bond acceptors (Lipinski definition) is 6. The fourth-order valence-corrected chi connectivity index (χ4v) is 4.16. The molecular formula is C24H40N2O6. The smallest absolute Gasteiger partial charge is 0.222 e. The fraction of sp³-hybridized carbons (Fsp3) is 0.917. The van der Waals surface area contributed by atoms with Gasteiger partial charge in [0.05, 0.1) is 52.6 Å². The number of amides is 2. The second-order valence-electron chi connectivity index (χ2n) is 11.4. The first kappa shape index (κ1) is 23.9. The van der Waals surface area contributed by atoms with Crippen molar-refractivity contribution in [3.8, 4) is 0 Å². The summed E-state index contributed by atoms with van der Waals surface area (Å²) in [6, 6.07) is 0. The standard InChI is InChI=1S/C24H40N2O6/c1-21(15-29-21)11-25(12-22(2)16-30-22)19(27)9-7-5-6-8-10-20(28)26(13-23(3)17-31-23)14-24(4)18-32-24/h5-18H2,1-4H3. The van der Waals surface area contributed by atoms with E-state index < -0.39 is 0 Å². The third kappa shape index (κ3) is 7.14. The summed E-state index contributed by atoms with van der Waals surface area (Å²) in [6.07, 6.45) is 4.68. The van der Waals surface area contributed by atoms with E-state index in [-0.39, 0.29) is 34.2 Å². The van der Waals surface area contributed by atoms with Crippen molar-refractivity contribution in [2.45, 2.75) is 88.6 Å². The van der Waals surface area contributed by atoms with Crippen molar-refractivity contribution in [2.24, 2.45) is 0 Å². The van der Waals surface area contributed by atoms with Crippen LogP contribution in [0.4, 0.5) is 0 Å². The second-order valence-corrected chi connectivity index (χ2v) is 11.4. The lowest BCUT2D eigenvalue weighted by Gasteiger charge is -2.26. The fourth-order valence-electron chi connectivity index (χ4n) is 4.16. The summed E-state index contributed by atoms with van der Waals surface area (Å²) in [6.45, 7) is 13.6. The first-order chi connectivity index (χ1) is 15.0. The highest BCUT2D eigenvalue weighted by atomic mass is 16.6. The van der Waals surface area contributed by atoms with Crippen LogP contribution in [0.15, 0.2) is 0 Å². The van der Waals surface area contributed by atoms with Crippen LogP contribution in [0.2, 0.25) is 0 Å². The highest BCUT2D eigenvalue weighted by Gasteiger charge is 2.48. The number of epoxide rings is 4. The molecule has 182 valence electrons. The van der Waals surface area contributed by atoms with Crippen molar-refractivity contribution < 1.29 is 28.5 Å². The highest BCUT2D eigenvalue weighted by Crippen LogP contribution is 2.33. The molecule has 4 aliphatic rings. The third-order valence-corrected chi connectivity index (χ3v) is 6.89. The molecule has 0 N–H and O–H groups in total. The van der Waals surface area contributed by atoms with Crippen LogP contribution >= 0.6 is 0 Å². The Morgan fingerprint density at radius 3 is 1.03 bits per heavy atom. The van der Waals surface area contributed by atoms with Gasteiger partial charge in [-0.2, -0.15) is 0 Å². The number of nitrogens with zero attached hydrogens (tertiary/aromatic N) is 2. The quantitative estimate of drug-likeness (QED) is 0.279. The van der Waals surface area contributed by atoms with Crippen molar-refractivity contribution in [2.75, 3.05) is 52.6 Å². The SMILES string of the molecule is CC1(CN(CC2(C)CO2)C(=O)CCCCCCC(=O)N(CC2(C)CO2)CC2(C)CO2)CO1. The number of ether oxygens (including phenoxy) is 4. The van der Waals surface area contributed by atoms with Gasteiger partial charge in [-0.1, -0.05) is 12.8 Å². The maximum absolute atomic E-state index is 12.8. The molecule has 4 heterocycles. The van der Waals surface area contributed by atoms with Crippen LogP contribution in [0, 0.1) is 0 Å². The van der Waals surface area contributed by atoms with Gasteiger partial charge in [-0.15, -0.1) is 0 Å². The van der Waals surface area contributed by atoms with Crippen molar-refractivity contribution >= 4 is 11.8 Å². The maximum Gasteiger partial charge on any atom is 0.222 e. The largest absolute Gasteiger partial charge is 0.368 e. The van der Waals surface area contributed by atoms with Crippen molar-refractivity contribution in [3.63, 3.8) is 0 Å². The van der Waals surface area contributed by atoms with Gasteiger partial charge < -0.3 is 28.7 Å². The van der Waals surface area contributed by atoms with Gasteiger partial charge in [0.2, 0.25) is 11.8 Å². The van der Waals surface area contributed by atoms with Gasteiger partial charge in [0.25, 0.3) is 0 Å². The van der Waals surface area contributed by atoms with E-state index in [1.807, 2.05) is 9.80 Å². The number of hydrogen-bond donors (Lipinski definition) is 0. The lowest BCUT2D eigenvalue weighted by Crippen LogP contribution is -2.43. The summed E-state index contributed by atoms with van der Waals surface area (Å²) >= 11 is 0. The van der Waals surface area contributed by atoms with E-state index in [4.69, 9.17) is 18.9 Å². The Morgan fingerprint density at radius 2 is 0.812 bits per heavy atom. The summed E-state index contributed by atoms with van der Waals surface area (Å²) in [5.74, 6) is 0.354. The molecule has 8 heteroatoms. The first-order valence-electron chi connectivity index (χ1n) is 12.1. The Kier molecular flexibility index (Phi) is 6.62. The first-order valence-corrected chi connectivity index (χ1v) is 12.1. The van der Waals surface area contributed by atoms with Crippen LogP contribution in [0.3, 0.4) is 0 Å². The molecule has 8 nitrogen and oxygen atoms in total. The van der Waals surface area contributed by atoms with E-state index in [9.17, 15) is 9.59 Å². The van der Waals surface area contributed by atoms with Gasteiger partial charge in [0.15, 0.2) is 0 Å². The van der Waals surface area contributed by atoms with Crippen molar-refractivity contribution in [1.82, 2.24) is 9.80 Å². The van der Waals surface area contributed by atoms with Gasteiger partial charge in [0.1, 0.15) is 22.4 Å². The van der Waals surface area contributed by atoms with Crippen molar-refractivity contribution in [1.29, 1.82) is 0 Å². The zero-order valence-electron chi connectivity index (χ0n) is 20.2. The minimum Gasteiger partial charge on any atom is -0.368 e. The van der Waals surface area contributed by atoms with Crippen LogP contribution in [-0.2, 0) is 28.5 Å². The molecule has 4 aliphatic heterocycles. The van der Waals surface area contributed by atoms with E-state index in [2.05, 4.69) is 27.7 Å². The molecule has 0 aliphatic carbocycles. The van der Waals surface area contributed by atoms with E-state index in [0.29, 0.717) is 39.0 Å². The number of carbonyl (C=O) groups excluding carboxylic acids is 2. The predicted octanol–water partition coefficient (Wildman–Crippen LogP) is 2.14. The highest BCUT2D eigenvalue weighted by molar-refractivity contribution is 5.77. The van der Waals surface area contributed by atoms with Gasteiger partial charge in [0, 0.05) is 12.8 Å². The van der Waals surface area contributed by atoms with E-state index in [1.165, 1.54) is 0 Å². The summed E-state index contributed by atoms with van der Waals surface area (Å²) in [7, 11) is 0. The normalized spacial score (nSPS) is 36.5. The molecule has 0 saturated carbocycles. The number of carbonyl (C=O) groups is 2. The lowest BCUT2D eigenvalue weighted by atomic mass is 10.1. The minimum atomic E-state index is -0.182. The molecule has 0 aromatic heterocycles. The molecule has 32 heavy (non-hydrogen) atoms. The van der Waals surface area contributed by atoms with Gasteiger partial charge in [-0.05, 0) is 40.5 Å². The summed E-state index contributed by atoms with van der Waals surface area (Å²) in [5.41, 5.74) is -0.729. The maximum atomic E-state index is 12.8. The molecule has 4 saturated heterocycles. The Hall–Kier alpha value is -1.22. The predicted molar refractivity (Wildman–Crippen MR) is 118 cm³/mol. The molecule has 0 radical (unpaired) electrons. The van der Waals surface area contributed by atoms with Crippen LogP contribution in [0.25, 0.3) is 0 Å². The molecule has 0 spiro atoms. The molecule has 0 aromatic carbocycles. The number of unbranched alkanes of at least 4 members (excludes halogenated alkanes) is 3. The van der Waals surface area contributed by atoms with Crippen molar-refractivity contribution in [3.05, 3.63) is 0 Å². The van der Waals surface area contributed by atoms with Gasteiger partial charge >= 0.3 is 0 Å². The molecule has 4 atom stereocenters. The second kappa shape index (κ2) is 8.85. The Morgan fingerprint density at radius 1 is 0.562 bits per heavy atom. The van der Waals surface area contributed by atoms with Crippen LogP contribution in [-0.4, -0.2) is 96.6 Å². The molecule has 4 unspecified atom stereocenters. The minimum absolute atomic E-state index is 0.177. The summed E-state index contributed by atoms with van der Waals surface area (Å²) in [5, 5.41) is 0. The molecule has 4 fully saturated rings. The molecular weight excluding hydrogens is 412 g/mol. The topological polar surface area (TPSA) is 90.7 Å². The number of rotatable bonds is 15. The van der Waals surface area contributed by atoms with Crippen LogP contribution < -0.4 is 0 Å².